The van der Waals surface area contributed by atoms with E-state index in [2.05, 4.69) is 89.6 Å². The molecule has 0 aromatic heterocycles. The van der Waals surface area contributed by atoms with E-state index in [0.29, 0.717) is 0 Å². The summed E-state index contributed by atoms with van der Waals surface area (Å²) in [6.07, 6.45) is 5.75. The van der Waals surface area contributed by atoms with Gasteiger partial charge in [-0.05, 0) is 0 Å². The Morgan fingerprint density at radius 3 is 2.09 bits per heavy atom. The van der Waals surface area contributed by atoms with E-state index >= 15 is 0 Å². The molecule has 0 fully saturated rings. The predicted octanol–water partition coefficient (Wildman–Crippen LogP) is 4.96. The molecule has 121 valence electrons. The van der Waals surface area contributed by atoms with Crippen LogP contribution in [0.2, 0.25) is 32.7 Å². The van der Waals surface area contributed by atoms with Gasteiger partial charge in [-0.1, -0.05) is 0 Å². The maximum Gasteiger partial charge on any atom is -0.147 e. The van der Waals surface area contributed by atoms with Crippen LogP contribution in [-0.2, 0) is 20.4 Å². The van der Waals surface area contributed by atoms with E-state index in [0.717, 1.165) is 12.2 Å². The normalized spacial score (nSPS) is 14.4. The van der Waals surface area contributed by atoms with Crippen LogP contribution >= 0.6 is 24.8 Å². The SMILES string of the molecule is C[Si](C)(C)Oc1ccccc1[Si](C)(C)C1=[C]([Ti])CC=C1.Cl.Cl. The zero-order valence-corrected chi connectivity index (χ0v) is 19.1. The average molecular weight is 408 g/mol. The summed E-state index contributed by atoms with van der Waals surface area (Å²) in [6, 6.07) is 8.66. The van der Waals surface area contributed by atoms with E-state index in [4.69, 9.17) is 4.43 Å². The first kappa shape index (κ1) is 22.2. The second kappa shape index (κ2) is 8.36. The molecule has 6 heteroatoms. The van der Waals surface area contributed by atoms with Crippen molar-refractivity contribution >= 4 is 46.4 Å². The van der Waals surface area contributed by atoms with Gasteiger partial charge in [-0.2, -0.15) is 0 Å². The molecule has 0 heterocycles. The van der Waals surface area contributed by atoms with E-state index in [9.17, 15) is 0 Å². The molecule has 0 unspecified atom stereocenters. The Balaban J connectivity index is 0.00000220. The molecular formula is C16H25Cl2OSi2Ti. The molecule has 0 N–H and O–H groups in total. The summed E-state index contributed by atoms with van der Waals surface area (Å²) < 4.78 is 7.87. The van der Waals surface area contributed by atoms with Crippen molar-refractivity contribution in [3.05, 3.63) is 45.5 Å². The third kappa shape index (κ3) is 5.12. The smallest absolute Gasteiger partial charge is 0.147 e. The Morgan fingerprint density at radius 2 is 1.59 bits per heavy atom. The van der Waals surface area contributed by atoms with Crippen molar-refractivity contribution in [2.75, 3.05) is 0 Å². The standard InChI is InChI=1S/C16H23OSi2.2ClH.Ti/c1-18(2,3)17-15-12-8-9-13-16(15)19(4,5)14-10-6-7-11-14;;;/h6,8-10,12-13H,7H2,1-5H3;2*1H;. The molecule has 0 spiro atoms. The molecule has 1 aliphatic carbocycles. The van der Waals surface area contributed by atoms with Crippen molar-refractivity contribution in [2.45, 2.75) is 39.2 Å². The third-order valence-corrected chi connectivity index (χ3v) is 9.12. The molecule has 0 saturated heterocycles. The molecule has 0 aliphatic heterocycles. The molecule has 0 radical (unpaired) electrons. The van der Waals surface area contributed by atoms with E-state index in [1.807, 2.05) is 0 Å². The molecule has 0 amide bonds. The first-order chi connectivity index (χ1) is 9.22. The molecule has 2 rings (SSSR count). The fraction of sp³-hybridized carbons (Fsp3) is 0.375. The van der Waals surface area contributed by atoms with Gasteiger partial charge in [0.2, 0.25) is 0 Å². The zero-order chi connectivity index (χ0) is 15.0. The van der Waals surface area contributed by atoms with Crippen LogP contribution in [0.25, 0.3) is 0 Å². The van der Waals surface area contributed by atoms with Crippen LogP contribution < -0.4 is 9.61 Å². The Hall–Kier alpha value is 0.228. The summed E-state index contributed by atoms with van der Waals surface area (Å²) in [5, 5.41) is 3.01. The van der Waals surface area contributed by atoms with Gasteiger partial charge in [0.1, 0.15) is 0 Å². The number of hydrogen-bond acceptors (Lipinski definition) is 1. The molecular weight excluding hydrogens is 383 g/mol. The van der Waals surface area contributed by atoms with E-state index < -0.39 is 16.4 Å². The van der Waals surface area contributed by atoms with Crippen molar-refractivity contribution in [2.24, 2.45) is 0 Å². The number of hydrogen-bond donors (Lipinski definition) is 0. The number of para-hydroxylation sites is 1. The van der Waals surface area contributed by atoms with Crippen LogP contribution in [0.15, 0.2) is 45.5 Å². The van der Waals surface area contributed by atoms with E-state index in [1.54, 1.807) is 5.20 Å². The molecule has 1 nitrogen and oxygen atoms in total. The Kier molecular flexibility index (Phi) is 8.45. The number of benzene rings is 1. The number of rotatable bonds is 4. The molecule has 0 atom stereocenters. The van der Waals surface area contributed by atoms with Gasteiger partial charge in [0.25, 0.3) is 0 Å². The van der Waals surface area contributed by atoms with E-state index in [1.165, 1.54) is 9.06 Å². The van der Waals surface area contributed by atoms with Crippen LogP contribution in [0.1, 0.15) is 6.42 Å². The van der Waals surface area contributed by atoms with Crippen LogP contribution in [0.3, 0.4) is 0 Å². The number of allylic oxidation sites excluding steroid dienone is 4. The van der Waals surface area contributed by atoms with Crippen LogP contribution in [0, 0.1) is 0 Å². The van der Waals surface area contributed by atoms with Gasteiger partial charge in [-0.25, -0.2) is 0 Å². The first-order valence-corrected chi connectivity index (χ1v) is 14.3. The minimum atomic E-state index is -1.66. The molecule has 1 aromatic carbocycles. The van der Waals surface area contributed by atoms with Gasteiger partial charge in [0, 0.05) is 0 Å². The van der Waals surface area contributed by atoms with Crippen LogP contribution in [0.4, 0.5) is 0 Å². The van der Waals surface area contributed by atoms with Crippen molar-refractivity contribution < 1.29 is 24.9 Å². The number of halogens is 2. The predicted molar refractivity (Wildman–Crippen MR) is 103 cm³/mol. The minimum Gasteiger partial charge on any atom is -0.147 e. The summed E-state index contributed by atoms with van der Waals surface area (Å²) in [4.78, 5) is 0. The van der Waals surface area contributed by atoms with Crippen molar-refractivity contribution in [1.82, 2.24) is 0 Å². The van der Waals surface area contributed by atoms with Gasteiger partial charge in [-0.15, -0.1) is 24.8 Å². The summed E-state index contributed by atoms with van der Waals surface area (Å²) in [7, 11) is -3.24. The maximum absolute atomic E-state index is 6.34. The van der Waals surface area contributed by atoms with Gasteiger partial charge in [-0.3, -0.25) is 0 Å². The Morgan fingerprint density at radius 1 is 1.00 bits per heavy atom. The van der Waals surface area contributed by atoms with Crippen molar-refractivity contribution in [3.8, 4) is 5.75 Å². The summed E-state index contributed by atoms with van der Waals surface area (Å²) >= 11 is 2.27. The molecule has 0 saturated carbocycles. The monoisotopic (exact) mass is 407 g/mol. The molecule has 22 heavy (non-hydrogen) atoms. The molecule has 1 aromatic rings. The first-order valence-electron chi connectivity index (χ1n) is 7.12. The van der Waals surface area contributed by atoms with Crippen molar-refractivity contribution in [3.63, 3.8) is 0 Å². The molecule has 0 bridgehead atoms. The summed E-state index contributed by atoms with van der Waals surface area (Å²) in [5.74, 6) is 1.11. The van der Waals surface area contributed by atoms with Gasteiger partial charge < -0.3 is 0 Å². The summed E-state index contributed by atoms with van der Waals surface area (Å²) in [6.45, 7) is 11.6. The van der Waals surface area contributed by atoms with Crippen LogP contribution in [0.5, 0.6) is 5.75 Å². The quantitative estimate of drug-likeness (QED) is 0.640. The second-order valence-corrected chi connectivity index (χ2v) is 16.5. The largest absolute Gasteiger partial charge is 0.147 e. The zero-order valence-electron chi connectivity index (χ0n) is 13.9. The average Bonchev–Trinajstić information content (AvgIpc) is 2.74. The maximum atomic E-state index is 6.34. The minimum absolute atomic E-state index is 0. The topological polar surface area (TPSA) is 9.23 Å². The third-order valence-electron chi connectivity index (χ3n) is 3.58. The van der Waals surface area contributed by atoms with E-state index in [-0.39, 0.29) is 24.8 Å². The fourth-order valence-corrected chi connectivity index (χ4v) is 8.30. The molecule has 1 aliphatic rings. The Labute approximate surface area is 161 Å². The Bertz CT molecular complexity index is 578. The summed E-state index contributed by atoms with van der Waals surface area (Å²) in [5.41, 5.74) is 0. The van der Waals surface area contributed by atoms with Gasteiger partial charge in [0.15, 0.2) is 0 Å². The van der Waals surface area contributed by atoms with Crippen molar-refractivity contribution in [1.29, 1.82) is 0 Å². The van der Waals surface area contributed by atoms with Crippen LogP contribution in [-0.4, -0.2) is 16.4 Å². The second-order valence-electron chi connectivity index (χ2n) is 6.83. The van der Waals surface area contributed by atoms with Gasteiger partial charge in [0.05, 0.1) is 0 Å². The fourth-order valence-electron chi connectivity index (χ4n) is 2.64. The van der Waals surface area contributed by atoms with Gasteiger partial charge >= 0.3 is 137 Å².